The zero-order valence-corrected chi connectivity index (χ0v) is 21.8. The number of benzene rings is 2. The van der Waals surface area contributed by atoms with Crippen LogP contribution in [0.2, 0.25) is 0 Å². The molecular formula is C28H34N4O6. The molecule has 2 saturated heterocycles. The molecule has 0 radical (unpaired) electrons. The van der Waals surface area contributed by atoms with Crippen molar-refractivity contribution in [3.63, 3.8) is 0 Å². The van der Waals surface area contributed by atoms with Crippen molar-refractivity contribution in [1.82, 2.24) is 15.1 Å². The molecule has 1 atom stereocenters. The number of carbonyl (C=O) groups is 4. The zero-order chi connectivity index (χ0) is 27.1. The topological polar surface area (TPSA) is 117 Å². The maximum atomic E-state index is 13.1. The number of amides is 4. The fourth-order valence-corrected chi connectivity index (χ4v) is 5.15. The average molecular weight is 523 g/mol. The van der Waals surface area contributed by atoms with Crippen LogP contribution in [0.3, 0.4) is 0 Å². The molecule has 2 aliphatic heterocycles. The SMILES string of the molecule is COC(=O)[C@H](CC(=O)N1CCC2(CCN(C(=O)Nc3ccccc3OC)CC2)C1)NC(=O)c1ccccc1. The predicted molar refractivity (Wildman–Crippen MR) is 141 cm³/mol. The number of hydrogen-bond donors (Lipinski definition) is 2. The minimum atomic E-state index is -1.07. The number of nitrogens with one attached hydrogen (secondary N) is 2. The lowest BCUT2D eigenvalue weighted by atomic mass is 9.78. The van der Waals surface area contributed by atoms with Gasteiger partial charge in [-0.1, -0.05) is 30.3 Å². The third kappa shape index (κ3) is 6.24. The van der Waals surface area contributed by atoms with Crippen LogP contribution in [0, 0.1) is 5.41 Å². The Labute approximate surface area is 222 Å². The fraction of sp³-hybridized carbons (Fsp3) is 0.429. The largest absolute Gasteiger partial charge is 0.495 e. The van der Waals surface area contributed by atoms with Gasteiger partial charge in [0, 0.05) is 31.7 Å². The first kappa shape index (κ1) is 27.0. The van der Waals surface area contributed by atoms with Gasteiger partial charge in [0.15, 0.2) is 0 Å². The van der Waals surface area contributed by atoms with Crippen molar-refractivity contribution in [2.24, 2.45) is 5.41 Å². The van der Waals surface area contributed by atoms with Gasteiger partial charge in [0.05, 0.1) is 26.3 Å². The number of carbonyl (C=O) groups excluding carboxylic acids is 4. The molecule has 2 aromatic carbocycles. The monoisotopic (exact) mass is 522 g/mol. The number of para-hydroxylation sites is 2. The summed E-state index contributed by atoms with van der Waals surface area (Å²) < 4.78 is 10.2. The van der Waals surface area contributed by atoms with E-state index in [9.17, 15) is 19.2 Å². The molecule has 38 heavy (non-hydrogen) atoms. The Balaban J connectivity index is 1.30. The lowest BCUT2D eigenvalue weighted by molar-refractivity contribution is -0.146. The molecule has 2 heterocycles. The zero-order valence-electron chi connectivity index (χ0n) is 21.8. The second-order valence-electron chi connectivity index (χ2n) is 9.80. The summed E-state index contributed by atoms with van der Waals surface area (Å²) in [5, 5.41) is 5.56. The number of urea groups is 1. The molecular weight excluding hydrogens is 488 g/mol. The summed E-state index contributed by atoms with van der Waals surface area (Å²) in [6, 6.07) is 14.5. The highest BCUT2D eigenvalue weighted by Crippen LogP contribution is 2.40. The van der Waals surface area contributed by atoms with Gasteiger partial charge >= 0.3 is 12.0 Å². The fourth-order valence-electron chi connectivity index (χ4n) is 5.15. The van der Waals surface area contributed by atoms with Crippen LogP contribution in [0.25, 0.3) is 0 Å². The summed E-state index contributed by atoms with van der Waals surface area (Å²) in [7, 11) is 2.80. The first-order chi connectivity index (χ1) is 18.3. The van der Waals surface area contributed by atoms with Crippen molar-refractivity contribution in [3.05, 3.63) is 60.2 Å². The molecule has 0 aromatic heterocycles. The molecule has 1 spiro atoms. The first-order valence-corrected chi connectivity index (χ1v) is 12.7. The molecule has 4 amide bonds. The van der Waals surface area contributed by atoms with Crippen LogP contribution in [-0.4, -0.2) is 80.1 Å². The van der Waals surface area contributed by atoms with E-state index in [0.717, 1.165) is 19.3 Å². The van der Waals surface area contributed by atoms with E-state index in [4.69, 9.17) is 9.47 Å². The van der Waals surface area contributed by atoms with Crippen molar-refractivity contribution >= 4 is 29.5 Å². The number of anilines is 1. The van der Waals surface area contributed by atoms with Gasteiger partial charge in [-0.3, -0.25) is 9.59 Å². The Bertz CT molecular complexity index is 1160. The maximum absolute atomic E-state index is 13.1. The van der Waals surface area contributed by atoms with E-state index in [1.54, 1.807) is 59.4 Å². The molecule has 10 nitrogen and oxygen atoms in total. The molecule has 0 bridgehead atoms. The molecule has 4 rings (SSSR count). The van der Waals surface area contributed by atoms with E-state index in [1.807, 2.05) is 12.1 Å². The summed E-state index contributed by atoms with van der Waals surface area (Å²) in [6.07, 6.45) is 2.22. The van der Waals surface area contributed by atoms with Gasteiger partial charge in [-0.25, -0.2) is 9.59 Å². The minimum absolute atomic E-state index is 0.0646. The van der Waals surface area contributed by atoms with E-state index in [-0.39, 0.29) is 23.8 Å². The van der Waals surface area contributed by atoms with Crippen molar-refractivity contribution in [3.8, 4) is 5.75 Å². The molecule has 2 N–H and O–H groups in total. The van der Waals surface area contributed by atoms with Crippen LogP contribution in [0.15, 0.2) is 54.6 Å². The second kappa shape index (κ2) is 12.0. The van der Waals surface area contributed by atoms with Gasteiger partial charge in [-0.2, -0.15) is 0 Å². The van der Waals surface area contributed by atoms with Crippen molar-refractivity contribution in [2.75, 3.05) is 45.7 Å². The van der Waals surface area contributed by atoms with E-state index in [1.165, 1.54) is 7.11 Å². The van der Waals surface area contributed by atoms with Crippen molar-refractivity contribution < 1.29 is 28.7 Å². The molecule has 10 heteroatoms. The molecule has 2 fully saturated rings. The summed E-state index contributed by atoms with van der Waals surface area (Å²) in [4.78, 5) is 54.4. The number of rotatable bonds is 7. The van der Waals surface area contributed by atoms with Crippen molar-refractivity contribution in [2.45, 2.75) is 31.7 Å². The Morgan fingerprint density at radius 2 is 1.53 bits per heavy atom. The summed E-state index contributed by atoms with van der Waals surface area (Å²) in [5.74, 6) is -0.706. The van der Waals surface area contributed by atoms with Crippen LogP contribution in [-0.2, 0) is 14.3 Å². The van der Waals surface area contributed by atoms with Crippen LogP contribution in [0.5, 0.6) is 5.75 Å². The van der Waals surface area contributed by atoms with Gasteiger partial charge in [-0.15, -0.1) is 0 Å². The van der Waals surface area contributed by atoms with Gasteiger partial charge in [0.25, 0.3) is 5.91 Å². The highest BCUT2D eigenvalue weighted by molar-refractivity contribution is 5.98. The number of likely N-dealkylation sites (tertiary alicyclic amines) is 2. The van der Waals surface area contributed by atoms with Gasteiger partial charge in [-0.05, 0) is 48.9 Å². The molecule has 0 unspecified atom stereocenters. The minimum Gasteiger partial charge on any atom is -0.495 e. The number of ether oxygens (including phenoxy) is 2. The van der Waals surface area contributed by atoms with E-state index >= 15 is 0 Å². The Hall–Kier alpha value is -4.08. The maximum Gasteiger partial charge on any atom is 0.328 e. The summed E-state index contributed by atoms with van der Waals surface area (Å²) in [6.45, 7) is 2.31. The lowest BCUT2D eigenvalue weighted by Gasteiger charge is -2.39. The normalized spacial score (nSPS) is 17.0. The Kier molecular flexibility index (Phi) is 8.50. The van der Waals surface area contributed by atoms with Gasteiger partial charge in [0.2, 0.25) is 5.91 Å². The lowest BCUT2D eigenvalue weighted by Crippen LogP contribution is -2.47. The number of esters is 1. The number of hydrogen-bond acceptors (Lipinski definition) is 6. The second-order valence-corrected chi connectivity index (χ2v) is 9.80. The standard InChI is InChI=1S/C28H34N4O6/c1-37-23-11-7-6-10-21(23)30-27(36)31-15-12-28(13-16-31)14-17-32(19-28)24(33)18-22(26(35)38-2)29-25(34)20-8-4-3-5-9-20/h3-11,22H,12-19H2,1-2H3,(H,29,34)(H,30,36)/t22-/m0/s1. The van der Waals surface area contributed by atoms with Crippen LogP contribution >= 0.6 is 0 Å². The molecule has 0 aliphatic carbocycles. The van der Waals surface area contributed by atoms with Crippen LogP contribution in [0.4, 0.5) is 10.5 Å². The quantitative estimate of drug-likeness (QED) is 0.540. The Morgan fingerprint density at radius 3 is 2.18 bits per heavy atom. The summed E-state index contributed by atoms with van der Waals surface area (Å²) in [5.41, 5.74) is 0.957. The van der Waals surface area contributed by atoms with Gasteiger partial charge in [0.1, 0.15) is 11.8 Å². The molecule has 202 valence electrons. The third-order valence-corrected chi connectivity index (χ3v) is 7.46. The molecule has 2 aromatic rings. The predicted octanol–water partition coefficient (Wildman–Crippen LogP) is 2.90. The smallest absolute Gasteiger partial charge is 0.328 e. The van der Waals surface area contributed by atoms with Crippen LogP contribution < -0.4 is 15.4 Å². The number of methoxy groups -OCH3 is 2. The third-order valence-electron chi connectivity index (χ3n) is 7.46. The van der Waals surface area contributed by atoms with E-state index in [0.29, 0.717) is 43.2 Å². The first-order valence-electron chi connectivity index (χ1n) is 12.7. The highest BCUT2D eigenvalue weighted by atomic mass is 16.5. The van der Waals surface area contributed by atoms with E-state index < -0.39 is 17.9 Å². The molecule has 0 saturated carbocycles. The summed E-state index contributed by atoms with van der Waals surface area (Å²) >= 11 is 0. The van der Waals surface area contributed by atoms with Gasteiger partial charge < -0.3 is 29.9 Å². The Morgan fingerprint density at radius 1 is 0.895 bits per heavy atom. The number of nitrogens with zero attached hydrogens (tertiary/aromatic N) is 2. The van der Waals surface area contributed by atoms with Crippen molar-refractivity contribution in [1.29, 1.82) is 0 Å². The average Bonchev–Trinajstić information content (AvgIpc) is 3.36. The van der Waals surface area contributed by atoms with Crippen LogP contribution in [0.1, 0.15) is 36.0 Å². The highest BCUT2D eigenvalue weighted by Gasteiger charge is 2.43. The molecule has 2 aliphatic rings. The van der Waals surface area contributed by atoms with E-state index in [2.05, 4.69) is 10.6 Å². The number of piperidine rings is 1.